The molecule has 2 saturated heterocycles. The van der Waals surface area contributed by atoms with E-state index in [2.05, 4.69) is 5.10 Å². The van der Waals surface area contributed by atoms with Crippen molar-refractivity contribution in [1.29, 1.82) is 5.26 Å². The first kappa shape index (κ1) is 14.8. The quantitative estimate of drug-likeness (QED) is 0.849. The first-order valence-electron chi connectivity index (χ1n) is 8.51. The van der Waals surface area contributed by atoms with Crippen molar-refractivity contribution < 1.29 is 14.0 Å². The smallest absolute Gasteiger partial charge is 0.257 e. The molecule has 7 heteroatoms. The highest BCUT2D eigenvalue weighted by Gasteiger charge is 2.55. The molecular weight excluding hydrogens is 294 g/mol. The second-order valence-electron chi connectivity index (χ2n) is 7.05. The molecule has 4 rings (SSSR count). The van der Waals surface area contributed by atoms with Crippen molar-refractivity contribution in [2.45, 2.75) is 50.2 Å². The molecule has 23 heavy (non-hydrogen) atoms. The van der Waals surface area contributed by atoms with Crippen molar-refractivity contribution in [3.63, 3.8) is 0 Å². The highest BCUT2D eigenvalue weighted by Crippen LogP contribution is 2.43. The first-order valence-corrected chi connectivity index (χ1v) is 8.51. The van der Waals surface area contributed by atoms with Gasteiger partial charge in [-0.25, -0.2) is 0 Å². The van der Waals surface area contributed by atoms with Crippen LogP contribution in [0.4, 0.5) is 5.69 Å². The lowest BCUT2D eigenvalue weighted by molar-refractivity contribution is -1.00. The summed E-state index contributed by atoms with van der Waals surface area (Å²) in [5.74, 6) is 0.381. The minimum absolute atomic E-state index is 0.0185. The fourth-order valence-electron chi connectivity index (χ4n) is 4.62. The molecule has 1 aromatic heterocycles. The molecule has 0 bridgehead atoms. The Balaban J connectivity index is 1.39. The lowest BCUT2D eigenvalue weighted by Gasteiger charge is -2.53. The number of rotatable bonds is 4. The highest BCUT2D eigenvalue weighted by atomic mass is 16.5. The summed E-state index contributed by atoms with van der Waals surface area (Å²) >= 11 is 0. The van der Waals surface area contributed by atoms with Crippen LogP contribution in [-0.2, 0) is 4.74 Å². The van der Waals surface area contributed by atoms with E-state index in [9.17, 15) is 0 Å². The fraction of sp³-hybridized carbons (Fsp3) is 0.750. The van der Waals surface area contributed by atoms with E-state index in [0.717, 1.165) is 38.3 Å². The molecule has 124 valence electrons. The molecule has 3 heterocycles. The van der Waals surface area contributed by atoms with Crippen LogP contribution in [0.15, 0.2) is 6.20 Å². The van der Waals surface area contributed by atoms with Crippen molar-refractivity contribution in [3.8, 4) is 11.9 Å². The van der Waals surface area contributed by atoms with Crippen molar-refractivity contribution in [2.24, 2.45) is 0 Å². The Bertz CT molecular complexity index is 616. The third-order valence-corrected chi connectivity index (χ3v) is 6.01. The van der Waals surface area contributed by atoms with Gasteiger partial charge in [0.05, 0.1) is 31.2 Å². The molecule has 2 atom stereocenters. The highest BCUT2D eigenvalue weighted by molar-refractivity contribution is 5.46. The summed E-state index contributed by atoms with van der Waals surface area (Å²) in [5.41, 5.74) is 6.44. The van der Waals surface area contributed by atoms with Gasteiger partial charge < -0.3 is 15.2 Å². The second kappa shape index (κ2) is 5.69. The number of hydrogen-bond donors (Lipinski definition) is 1. The van der Waals surface area contributed by atoms with Gasteiger partial charge in [0.15, 0.2) is 13.3 Å². The second-order valence-corrected chi connectivity index (χ2v) is 7.05. The summed E-state index contributed by atoms with van der Waals surface area (Å²) in [6.07, 6.45) is 7.86. The number of nitrogen functional groups attached to an aromatic ring is 1. The van der Waals surface area contributed by atoms with Crippen LogP contribution in [0.5, 0.6) is 5.88 Å². The Morgan fingerprint density at radius 2 is 2.17 bits per heavy atom. The molecule has 0 amide bonds. The Labute approximate surface area is 136 Å². The van der Waals surface area contributed by atoms with E-state index in [0.29, 0.717) is 17.6 Å². The molecule has 1 unspecified atom stereocenters. The predicted molar refractivity (Wildman–Crippen MR) is 83.4 cm³/mol. The van der Waals surface area contributed by atoms with Gasteiger partial charge in [0.1, 0.15) is 24.4 Å². The van der Waals surface area contributed by atoms with E-state index >= 15 is 0 Å². The molecule has 0 spiro atoms. The minimum Gasteiger partial charge on any atom is -0.460 e. The number of nitrogens with two attached hydrogens (primary N) is 1. The van der Waals surface area contributed by atoms with Gasteiger partial charge in [-0.1, -0.05) is 0 Å². The lowest BCUT2D eigenvalue weighted by atomic mass is 9.84. The number of nitrogens with zero attached hydrogens (tertiary/aromatic N) is 4. The van der Waals surface area contributed by atoms with Gasteiger partial charge >= 0.3 is 0 Å². The van der Waals surface area contributed by atoms with Crippen LogP contribution in [0.3, 0.4) is 0 Å². The van der Waals surface area contributed by atoms with Crippen LogP contribution in [-0.4, -0.2) is 52.8 Å². The summed E-state index contributed by atoms with van der Waals surface area (Å²) in [6.45, 7) is 3.15. The zero-order chi connectivity index (χ0) is 15.9. The van der Waals surface area contributed by atoms with Crippen LogP contribution in [0.1, 0.15) is 38.1 Å². The van der Waals surface area contributed by atoms with Crippen molar-refractivity contribution in [2.75, 3.05) is 32.2 Å². The zero-order valence-electron chi connectivity index (χ0n) is 13.4. The molecule has 2 aliphatic heterocycles. The average Bonchev–Trinajstić information content (AvgIpc) is 3.06. The maximum atomic E-state index is 8.60. The first-order chi connectivity index (χ1) is 11.2. The standard InChI is InChI=1S/C16H24N5O2/c17-6-8-23-16-15(18)9-20(19-16)12-1-3-13(4-2-12)21-7-5-14(21)10-22-11-21/h9,12-14H,1-5,7-8,10-11,18H2/q+1/t12-,13-,14-,21?/m1/s1. The van der Waals surface area contributed by atoms with E-state index in [-0.39, 0.29) is 6.61 Å². The number of anilines is 1. The molecule has 3 fully saturated rings. The molecule has 3 aliphatic rings. The van der Waals surface area contributed by atoms with E-state index in [1.165, 1.54) is 30.3 Å². The summed E-state index contributed by atoms with van der Waals surface area (Å²) in [6, 6.07) is 3.82. The molecule has 7 nitrogen and oxygen atoms in total. The third-order valence-electron chi connectivity index (χ3n) is 6.01. The van der Waals surface area contributed by atoms with Gasteiger partial charge in [0.25, 0.3) is 5.88 Å². The largest absolute Gasteiger partial charge is 0.460 e. The summed E-state index contributed by atoms with van der Waals surface area (Å²) in [4.78, 5) is 0. The van der Waals surface area contributed by atoms with Gasteiger partial charge in [-0.05, 0) is 12.8 Å². The predicted octanol–water partition coefficient (Wildman–Crippen LogP) is 1.43. The van der Waals surface area contributed by atoms with Gasteiger partial charge in [-0.15, -0.1) is 5.10 Å². The molecule has 0 radical (unpaired) electrons. The van der Waals surface area contributed by atoms with Crippen LogP contribution in [0.2, 0.25) is 0 Å². The monoisotopic (exact) mass is 318 g/mol. The van der Waals surface area contributed by atoms with E-state index in [1.54, 1.807) is 0 Å². The maximum absolute atomic E-state index is 8.60. The Hall–Kier alpha value is -1.78. The van der Waals surface area contributed by atoms with Crippen LogP contribution >= 0.6 is 0 Å². The van der Waals surface area contributed by atoms with Gasteiger partial charge in [-0.3, -0.25) is 9.16 Å². The average molecular weight is 318 g/mol. The molecule has 2 N–H and O–H groups in total. The number of fused-ring (bicyclic) bond motifs is 1. The van der Waals surface area contributed by atoms with E-state index in [1.807, 2.05) is 16.9 Å². The van der Waals surface area contributed by atoms with E-state index < -0.39 is 0 Å². The third kappa shape index (κ3) is 2.37. The topological polar surface area (TPSA) is 86.1 Å². The van der Waals surface area contributed by atoms with Crippen LogP contribution in [0.25, 0.3) is 0 Å². The van der Waals surface area contributed by atoms with Crippen molar-refractivity contribution in [1.82, 2.24) is 9.78 Å². The fourth-order valence-corrected chi connectivity index (χ4v) is 4.62. The number of aromatic nitrogens is 2. The Morgan fingerprint density at radius 1 is 1.35 bits per heavy atom. The Morgan fingerprint density at radius 3 is 2.83 bits per heavy atom. The number of nitriles is 1. The van der Waals surface area contributed by atoms with Crippen LogP contribution < -0.4 is 10.5 Å². The summed E-state index contributed by atoms with van der Waals surface area (Å²) in [7, 11) is 0. The normalized spacial score (nSPS) is 36.0. The van der Waals surface area contributed by atoms with Gasteiger partial charge in [-0.2, -0.15) is 5.26 Å². The van der Waals surface area contributed by atoms with Gasteiger partial charge in [0, 0.05) is 12.8 Å². The maximum Gasteiger partial charge on any atom is 0.257 e. The Kier molecular flexibility index (Phi) is 3.66. The molecule has 1 aromatic rings. The summed E-state index contributed by atoms with van der Waals surface area (Å²) < 4.78 is 14.2. The number of hydrogen-bond acceptors (Lipinski definition) is 5. The molecular formula is C16H24N5O2+. The van der Waals surface area contributed by atoms with Crippen molar-refractivity contribution >= 4 is 5.69 Å². The van der Waals surface area contributed by atoms with Gasteiger partial charge in [0.2, 0.25) is 0 Å². The SMILES string of the molecule is N#CCOc1nn([C@H]2CC[C@H]([N+]34CC[C@@H]3COC4)CC2)cc1N. The van der Waals surface area contributed by atoms with Crippen molar-refractivity contribution in [3.05, 3.63) is 6.20 Å². The molecule has 1 saturated carbocycles. The minimum atomic E-state index is -0.0185. The molecule has 1 aliphatic carbocycles. The number of quaternary nitrogens is 1. The summed E-state index contributed by atoms with van der Waals surface area (Å²) in [5, 5.41) is 13.0. The van der Waals surface area contributed by atoms with E-state index in [4.69, 9.17) is 20.5 Å². The zero-order valence-corrected chi connectivity index (χ0v) is 13.4. The van der Waals surface area contributed by atoms with Crippen LogP contribution in [0, 0.1) is 11.3 Å². The number of ether oxygens (including phenoxy) is 2. The lowest BCUT2D eigenvalue weighted by Crippen LogP contribution is -2.67. The molecule has 0 aromatic carbocycles.